The van der Waals surface area contributed by atoms with E-state index in [1.807, 2.05) is 31.2 Å². The lowest BCUT2D eigenvalue weighted by molar-refractivity contribution is 0.230. The molecule has 0 heterocycles. The molecule has 0 aromatic heterocycles. The van der Waals surface area contributed by atoms with Crippen LogP contribution in [0.25, 0.3) is 10.8 Å². The predicted octanol–water partition coefficient (Wildman–Crippen LogP) is 3.28. The molecule has 0 saturated carbocycles. The lowest BCUT2D eigenvalue weighted by Gasteiger charge is -2.14. The van der Waals surface area contributed by atoms with Crippen LogP contribution in [0.3, 0.4) is 0 Å². The summed E-state index contributed by atoms with van der Waals surface area (Å²) in [7, 11) is 0. The molecule has 17 heavy (non-hydrogen) atoms. The number of nitrogens with two attached hydrogens (primary N) is 1. The van der Waals surface area contributed by atoms with E-state index in [4.69, 9.17) is 22.7 Å². The van der Waals surface area contributed by atoms with Crippen LogP contribution >= 0.6 is 12.2 Å². The fourth-order valence-electron chi connectivity index (χ4n) is 1.80. The van der Waals surface area contributed by atoms with Crippen LogP contribution in [-0.4, -0.2) is 11.1 Å². The van der Waals surface area contributed by atoms with Gasteiger partial charge in [0, 0.05) is 6.42 Å². The van der Waals surface area contributed by atoms with Gasteiger partial charge in [-0.15, -0.1) is 0 Å². The van der Waals surface area contributed by atoms with Crippen molar-refractivity contribution in [2.24, 2.45) is 5.73 Å². The Morgan fingerprint density at radius 2 is 1.94 bits per heavy atom. The average molecular weight is 245 g/mol. The number of hydrogen-bond donors (Lipinski definition) is 1. The van der Waals surface area contributed by atoms with Crippen molar-refractivity contribution in [3.63, 3.8) is 0 Å². The fraction of sp³-hybridized carbons (Fsp3) is 0.214. The molecular formula is C14H15NOS. The maximum absolute atomic E-state index is 5.77. The topological polar surface area (TPSA) is 35.2 Å². The normalized spacial score (nSPS) is 12.3. The summed E-state index contributed by atoms with van der Waals surface area (Å²) >= 11 is 4.86. The van der Waals surface area contributed by atoms with Crippen LogP contribution in [0.15, 0.2) is 42.5 Å². The Morgan fingerprint density at radius 1 is 1.24 bits per heavy atom. The van der Waals surface area contributed by atoms with Crippen molar-refractivity contribution in [2.45, 2.75) is 19.4 Å². The van der Waals surface area contributed by atoms with Crippen LogP contribution < -0.4 is 10.5 Å². The first-order chi connectivity index (χ1) is 8.15. The number of rotatable bonds is 4. The fourth-order valence-corrected chi connectivity index (χ4v) is 2.03. The third-order valence-electron chi connectivity index (χ3n) is 2.55. The zero-order valence-corrected chi connectivity index (χ0v) is 10.5. The van der Waals surface area contributed by atoms with Crippen molar-refractivity contribution in [3.8, 4) is 5.75 Å². The molecule has 2 aromatic carbocycles. The van der Waals surface area contributed by atoms with E-state index in [2.05, 4.69) is 18.2 Å². The number of fused-ring (bicyclic) bond motifs is 1. The highest BCUT2D eigenvalue weighted by Gasteiger charge is 2.05. The first-order valence-corrected chi connectivity index (χ1v) is 6.00. The van der Waals surface area contributed by atoms with Crippen molar-refractivity contribution in [1.29, 1.82) is 0 Å². The summed E-state index contributed by atoms with van der Waals surface area (Å²) in [6.07, 6.45) is 0.607. The van der Waals surface area contributed by atoms with Gasteiger partial charge in [0.25, 0.3) is 0 Å². The van der Waals surface area contributed by atoms with Gasteiger partial charge in [-0.3, -0.25) is 0 Å². The minimum Gasteiger partial charge on any atom is -0.490 e. The molecule has 2 nitrogen and oxygen atoms in total. The molecule has 1 unspecified atom stereocenters. The molecular weight excluding hydrogens is 230 g/mol. The predicted molar refractivity (Wildman–Crippen MR) is 75.4 cm³/mol. The summed E-state index contributed by atoms with van der Waals surface area (Å²) in [6.45, 7) is 1.97. The van der Waals surface area contributed by atoms with E-state index in [1.165, 1.54) is 10.8 Å². The third kappa shape index (κ3) is 3.17. The van der Waals surface area contributed by atoms with Gasteiger partial charge in [0.05, 0.1) is 4.99 Å². The van der Waals surface area contributed by atoms with E-state index in [0.29, 0.717) is 11.4 Å². The van der Waals surface area contributed by atoms with Crippen molar-refractivity contribution in [2.75, 3.05) is 0 Å². The molecule has 3 heteroatoms. The van der Waals surface area contributed by atoms with Crippen molar-refractivity contribution < 1.29 is 4.74 Å². The number of benzene rings is 2. The van der Waals surface area contributed by atoms with E-state index in [1.54, 1.807) is 0 Å². The number of hydrogen-bond acceptors (Lipinski definition) is 2. The van der Waals surface area contributed by atoms with E-state index in [0.717, 1.165) is 5.75 Å². The van der Waals surface area contributed by atoms with Gasteiger partial charge >= 0.3 is 0 Å². The summed E-state index contributed by atoms with van der Waals surface area (Å²) < 4.78 is 5.77. The summed E-state index contributed by atoms with van der Waals surface area (Å²) in [6, 6.07) is 14.3. The molecule has 0 spiro atoms. The number of ether oxygens (including phenoxy) is 1. The van der Waals surface area contributed by atoms with Crippen LogP contribution in [0.2, 0.25) is 0 Å². The molecule has 1 atom stereocenters. The molecule has 0 saturated heterocycles. The Hall–Kier alpha value is -1.61. The SMILES string of the molecule is CC(CC(N)=S)Oc1ccc2ccccc2c1. The molecule has 2 N–H and O–H groups in total. The molecule has 2 aromatic rings. The number of thiocarbonyl (C=S) groups is 1. The van der Waals surface area contributed by atoms with Gasteiger partial charge in [-0.1, -0.05) is 42.5 Å². The Labute approximate surface area is 106 Å². The maximum atomic E-state index is 5.77. The Balaban J connectivity index is 2.16. The zero-order chi connectivity index (χ0) is 12.3. The minimum absolute atomic E-state index is 0.00802. The average Bonchev–Trinajstić information content (AvgIpc) is 2.27. The maximum Gasteiger partial charge on any atom is 0.120 e. The molecule has 2 rings (SSSR count). The first kappa shape index (κ1) is 11.9. The van der Waals surface area contributed by atoms with Crippen LogP contribution in [0, 0.1) is 0 Å². The second-order valence-corrected chi connectivity index (χ2v) is 4.63. The van der Waals surface area contributed by atoms with E-state index >= 15 is 0 Å². The largest absolute Gasteiger partial charge is 0.490 e. The third-order valence-corrected chi connectivity index (χ3v) is 2.71. The van der Waals surface area contributed by atoms with Gasteiger partial charge in [0.2, 0.25) is 0 Å². The highest BCUT2D eigenvalue weighted by atomic mass is 32.1. The lowest BCUT2D eigenvalue weighted by Crippen LogP contribution is -2.20. The summed E-state index contributed by atoms with van der Waals surface area (Å²) in [4.78, 5) is 0.485. The van der Waals surface area contributed by atoms with Gasteiger partial charge in [0.15, 0.2) is 0 Å². The highest BCUT2D eigenvalue weighted by molar-refractivity contribution is 7.80. The first-order valence-electron chi connectivity index (χ1n) is 5.59. The van der Waals surface area contributed by atoms with Gasteiger partial charge < -0.3 is 10.5 Å². The summed E-state index contributed by atoms with van der Waals surface area (Å²) in [5.74, 6) is 0.854. The molecule has 0 aliphatic heterocycles. The highest BCUT2D eigenvalue weighted by Crippen LogP contribution is 2.21. The Bertz CT molecular complexity index is 538. The van der Waals surface area contributed by atoms with Gasteiger partial charge in [-0.25, -0.2) is 0 Å². The second kappa shape index (κ2) is 5.15. The van der Waals surface area contributed by atoms with Crippen LogP contribution in [0.5, 0.6) is 5.75 Å². The lowest BCUT2D eigenvalue weighted by atomic mass is 10.1. The molecule has 0 aliphatic rings. The molecule has 0 bridgehead atoms. The summed E-state index contributed by atoms with van der Waals surface area (Å²) in [5.41, 5.74) is 5.49. The van der Waals surface area contributed by atoms with Crippen molar-refractivity contribution >= 4 is 28.0 Å². The Morgan fingerprint density at radius 3 is 2.65 bits per heavy atom. The zero-order valence-electron chi connectivity index (χ0n) is 9.72. The molecule has 0 amide bonds. The Kier molecular flexibility index (Phi) is 3.59. The minimum atomic E-state index is 0.00802. The van der Waals surface area contributed by atoms with Crippen LogP contribution in [0.1, 0.15) is 13.3 Å². The van der Waals surface area contributed by atoms with Crippen molar-refractivity contribution in [3.05, 3.63) is 42.5 Å². The van der Waals surface area contributed by atoms with E-state index in [-0.39, 0.29) is 6.10 Å². The smallest absolute Gasteiger partial charge is 0.120 e. The monoisotopic (exact) mass is 245 g/mol. The van der Waals surface area contributed by atoms with Crippen LogP contribution in [-0.2, 0) is 0 Å². The second-order valence-electron chi connectivity index (χ2n) is 4.11. The quantitative estimate of drug-likeness (QED) is 0.840. The molecule has 0 radical (unpaired) electrons. The van der Waals surface area contributed by atoms with E-state index < -0.39 is 0 Å². The van der Waals surface area contributed by atoms with E-state index in [9.17, 15) is 0 Å². The molecule has 88 valence electrons. The van der Waals surface area contributed by atoms with Crippen molar-refractivity contribution in [1.82, 2.24) is 0 Å². The van der Waals surface area contributed by atoms with Gasteiger partial charge in [-0.2, -0.15) is 0 Å². The molecule has 0 aliphatic carbocycles. The van der Waals surface area contributed by atoms with Gasteiger partial charge in [0.1, 0.15) is 11.9 Å². The van der Waals surface area contributed by atoms with Gasteiger partial charge in [-0.05, 0) is 29.8 Å². The summed E-state index contributed by atoms with van der Waals surface area (Å²) in [5, 5.41) is 2.38. The van der Waals surface area contributed by atoms with Crippen LogP contribution in [0.4, 0.5) is 0 Å². The molecule has 0 fully saturated rings. The standard InChI is InChI=1S/C14H15NOS/c1-10(8-14(15)17)16-13-7-6-11-4-2-3-5-12(11)9-13/h2-7,9-10H,8H2,1H3,(H2,15,17).